The molecule has 1 aromatic rings. The Morgan fingerprint density at radius 1 is 1.69 bits per heavy atom. The van der Waals surface area contributed by atoms with Crippen molar-refractivity contribution in [2.45, 2.75) is 13.3 Å². The third-order valence-electron chi connectivity index (χ3n) is 1.70. The van der Waals surface area contributed by atoms with Crippen LogP contribution in [-0.2, 0) is 4.74 Å². The number of carbonyl (C=O) groups is 1. The Bertz CT molecular complexity index is 415. The summed E-state index contributed by atoms with van der Waals surface area (Å²) in [6.07, 6.45) is -1.79. The molecule has 0 saturated heterocycles. The quantitative estimate of drug-likeness (QED) is 0.800. The molecule has 0 bridgehead atoms. The number of hydrogen-bond acceptors (Lipinski definition) is 3. The fraction of sp³-hybridized carbons (Fsp3) is 0.333. The lowest BCUT2D eigenvalue weighted by molar-refractivity contribution is 0.0517. The summed E-state index contributed by atoms with van der Waals surface area (Å²) in [4.78, 5) is 15.0. The molecule has 0 amide bonds. The van der Waals surface area contributed by atoms with Gasteiger partial charge in [0.05, 0.1) is 21.7 Å². The fourth-order valence-electron chi connectivity index (χ4n) is 1.02. The molecule has 88 valence electrons. The molecule has 0 fully saturated rings. The Morgan fingerprint density at radius 3 is 2.81 bits per heavy atom. The first-order valence-electron chi connectivity index (χ1n) is 4.28. The molecule has 0 saturated carbocycles. The van der Waals surface area contributed by atoms with Crippen LogP contribution in [0.2, 0.25) is 5.02 Å². The predicted molar refractivity (Wildman–Crippen MR) is 57.9 cm³/mol. The van der Waals surface area contributed by atoms with Gasteiger partial charge in [0.25, 0.3) is 6.43 Å². The molecule has 0 atom stereocenters. The van der Waals surface area contributed by atoms with Crippen LogP contribution < -0.4 is 0 Å². The predicted octanol–water partition coefficient (Wildman–Crippen LogP) is 3.61. The van der Waals surface area contributed by atoms with Crippen molar-refractivity contribution in [2.24, 2.45) is 0 Å². The first-order chi connectivity index (χ1) is 7.49. The maximum Gasteiger partial charge on any atom is 0.358 e. The van der Waals surface area contributed by atoms with Crippen LogP contribution in [0.4, 0.5) is 8.78 Å². The molecular formula is C9H7BrClF2NO2. The molecule has 0 radical (unpaired) electrons. The van der Waals surface area contributed by atoms with E-state index in [9.17, 15) is 13.6 Å². The van der Waals surface area contributed by atoms with Gasteiger partial charge < -0.3 is 4.74 Å². The van der Waals surface area contributed by atoms with Crippen molar-refractivity contribution < 1.29 is 18.3 Å². The highest BCUT2D eigenvalue weighted by molar-refractivity contribution is 9.10. The third-order valence-corrected chi connectivity index (χ3v) is 2.80. The van der Waals surface area contributed by atoms with E-state index in [2.05, 4.69) is 25.7 Å². The number of ether oxygens (including phenoxy) is 1. The van der Waals surface area contributed by atoms with Crippen molar-refractivity contribution in [3.8, 4) is 0 Å². The molecule has 0 aliphatic carbocycles. The summed E-state index contributed by atoms with van der Waals surface area (Å²) in [6, 6.07) is 0. The minimum atomic E-state index is -2.79. The first-order valence-corrected chi connectivity index (χ1v) is 5.45. The highest BCUT2D eigenvalue weighted by Gasteiger charge is 2.23. The van der Waals surface area contributed by atoms with Gasteiger partial charge in [-0.15, -0.1) is 0 Å². The summed E-state index contributed by atoms with van der Waals surface area (Å²) < 4.78 is 29.8. The van der Waals surface area contributed by atoms with E-state index in [1.165, 1.54) is 0 Å². The monoisotopic (exact) mass is 313 g/mol. The minimum Gasteiger partial charge on any atom is -0.461 e. The molecule has 0 spiro atoms. The molecule has 0 unspecified atom stereocenters. The van der Waals surface area contributed by atoms with Crippen LogP contribution >= 0.6 is 27.5 Å². The molecular weight excluding hydrogens is 307 g/mol. The lowest BCUT2D eigenvalue weighted by atomic mass is 10.2. The van der Waals surface area contributed by atoms with Gasteiger partial charge in [0.1, 0.15) is 0 Å². The van der Waals surface area contributed by atoms with E-state index in [1.807, 2.05) is 0 Å². The van der Waals surface area contributed by atoms with E-state index < -0.39 is 18.0 Å². The van der Waals surface area contributed by atoms with E-state index in [1.54, 1.807) is 6.92 Å². The molecule has 0 aliphatic rings. The van der Waals surface area contributed by atoms with Gasteiger partial charge in [0, 0.05) is 6.20 Å². The SMILES string of the molecule is CCOC(=O)c1ncc(Cl)c(C(F)F)c1Br. The number of nitrogens with zero attached hydrogens (tertiary/aromatic N) is 1. The highest BCUT2D eigenvalue weighted by atomic mass is 79.9. The highest BCUT2D eigenvalue weighted by Crippen LogP contribution is 2.34. The normalized spacial score (nSPS) is 10.6. The van der Waals surface area contributed by atoms with Crippen molar-refractivity contribution in [2.75, 3.05) is 6.61 Å². The number of pyridine rings is 1. The molecule has 0 N–H and O–H groups in total. The van der Waals surface area contributed by atoms with Crippen LogP contribution in [-0.4, -0.2) is 17.6 Å². The summed E-state index contributed by atoms with van der Waals surface area (Å²) in [7, 11) is 0. The van der Waals surface area contributed by atoms with Crippen LogP contribution in [0.15, 0.2) is 10.7 Å². The van der Waals surface area contributed by atoms with E-state index in [0.717, 1.165) is 6.20 Å². The molecule has 7 heteroatoms. The summed E-state index contributed by atoms with van der Waals surface area (Å²) >= 11 is 8.43. The second-order valence-corrected chi connectivity index (χ2v) is 3.90. The topological polar surface area (TPSA) is 39.2 Å². The van der Waals surface area contributed by atoms with Crippen molar-refractivity contribution in [3.05, 3.63) is 26.9 Å². The van der Waals surface area contributed by atoms with Gasteiger partial charge in [-0.3, -0.25) is 0 Å². The molecule has 3 nitrogen and oxygen atoms in total. The van der Waals surface area contributed by atoms with E-state index >= 15 is 0 Å². The Hall–Kier alpha value is -0.750. The van der Waals surface area contributed by atoms with Gasteiger partial charge in [0.15, 0.2) is 5.69 Å². The van der Waals surface area contributed by atoms with E-state index in [0.29, 0.717) is 0 Å². The lowest BCUT2D eigenvalue weighted by Crippen LogP contribution is -2.09. The Morgan fingerprint density at radius 2 is 2.31 bits per heavy atom. The Labute approximate surface area is 104 Å². The molecule has 0 aliphatic heterocycles. The van der Waals surface area contributed by atoms with Gasteiger partial charge in [-0.2, -0.15) is 0 Å². The van der Waals surface area contributed by atoms with Gasteiger partial charge in [-0.05, 0) is 22.9 Å². The zero-order valence-electron chi connectivity index (χ0n) is 8.14. The summed E-state index contributed by atoms with van der Waals surface area (Å²) in [5, 5.41) is -0.199. The van der Waals surface area contributed by atoms with E-state index in [4.69, 9.17) is 11.6 Å². The largest absolute Gasteiger partial charge is 0.461 e. The summed E-state index contributed by atoms with van der Waals surface area (Å²) in [6.45, 7) is 1.75. The number of alkyl halides is 2. The number of carbonyl (C=O) groups excluding carboxylic acids is 1. The van der Waals surface area contributed by atoms with Crippen LogP contribution in [0.3, 0.4) is 0 Å². The second-order valence-electron chi connectivity index (χ2n) is 2.70. The van der Waals surface area contributed by atoms with E-state index in [-0.39, 0.29) is 21.8 Å². The average Bonchev–Trinajstić information content (AvgIpc) is 2.17. The van der Waals surface area contributed by atoms with Crippen LogP contribution in [0.25, 0.3) is 0 Å². The van der Waals surface area contributed by atoms with Gasteiger partial charge in [-0.25, -0.2) is 18.6 Å². The molecule has 1 heterocycles. The number of halogens is 4. The number of aromatic nitrogens is 1. The Kier molecular flexibility index (Phi) is 4.61. The first kappa shape index (κ1) is 13.3. The van der Waals surface area contributed by atoms with Crippen LogP contribution in [0, 0.1) is 0 Å². The third kappa shape index (κ3) is 2.68. The second kappa shape index (κ2) is 5.54. The van der Waals surface area contributed by atoms with Gasteiger partial charge >= 0.3 is 5.97 Å². The smallest absolute Gasteiger partial charge is 0.358 e. The Balaban J connectivity index is 3.23. The fourth-order valence-corrected chi connectivity index (χ4v) is 2.01. The van der Waals surface area contributed by atoms with Gasteiger partial charge in [-0.1, -0.05) is 11.6 Å². The van der Waals surface area contributed by atoms with Crippen LogP contribution in [0.5, 0.6) is 0 Å². The summed E-state index contributed by atoms with van der Waals surface area (Å²) in [5.74, 6) is -0.770. The molecule has 16 heavy (non-hydrogen) atoms. The minimum absolute atomic E-state index is 0.131. The number of rotatable bonds is 3. The molecule has 0 aromatic carbocycles. The van der Waals surface area contributed by atoms with Crippen molar-refractivity contribution in [3.63, 3.8) is 0 Å². The zero-order chi connectivity index (χ0) is 12.3. The van der Waals surface area contributed by atoms with Crippen LogP contribution in [0.1, 0.15) is 29.4 Å². The molecule has 1 aromatic heterocycles. The van der Waals surface area contributed by atoms with Gasteiger partial charge in [0.2, 0.25) is 0 Å². The zero-order valence-corrected chi connectivity index (χ0v) is 10.5. The lowest BCUT2D eigenvalue weighted by Gasteiger charge is -2.09. The summed E-state index contributed by atoms with van der Waals surface area (Å²) in [5.41, 5.74) is -0.665. The van der Waals surface area contributed by atoms with Crippen molar-refractivity contribution in [1.29, 1.82) is 0 Å². The average molecular weight is 315 g/mol. The number of esters is 1. The number of hydrogen-bond donors (Lipinski definition) is 0. The maximum atomic E-state index is 12.6. The molecule has 1 rings (SSSR count). The maximum absolute atomic E-state index is 12.6. The standard InChI is InChI=1S/C9H7BrClF2NO2/c1-2-16-9(15)7-6(10)5(8(12)13)4(11)3-14-7/h3,8H,2H2,1H3. The van der Waals surface area contributed by atoms with Crippen molar-refractivity contribution >= 4 is 33.5 Å². The van der Waals surface area contributed by atoms with Crippen molar-refractivity contribution in [1.82, 2.24) is 4.98 Å².